The average Bonchev–Trinajstić information content (AvgIpc) is 2.73. The SMILES string of the molecule is C[C@H](NS(=O)(=O)c1ccccc1)C(=O)OCC(=O)N(CCC(N)=O)c1ccccc1. The summed E-state index contributed by atoms with van der Waals surface area (Å²) < 4.78 is 31.8. The first kappa shape index (κ1) is 23.0. The van der Waals surface area contributed by atoms with E-state index < -0.39 is 40.5 Å². The third kappa shape index (κ3) is 6.68. The number of primary amides is 1. The van der Waals surface area contributed by atoms with Crippen molar-refractivity contribution in [2.24, 2.45) is 5.73 Å². The number of sulfonamides is 1. The number of hydrogen-bond donors (Lipinski definition) is 2. The van der Waals surface area contributed by atoms with Crippen LogP contribution in [0.3, 0.4) is 0 Å². The molecular formula is C20H23N3O6S. The number of esters is 1. The van der Waals surface area contributed by atoms with Gasteiger partial charge in [0, 0.05) is 18.7 Å². The van der Waals surface area contributed by atoms with Gasteiger partial charge in [0.1, 0.15) is 6.04 Å². The molecule has 10 heteroatoms. The second kappa shape index (κ2) is 10.5. The van der Waals surface area contributed by atoms with E-state index in [1.165, 1.54) is 24.0 Å². The Hall–Kier alpha value is -3.24. The molecule has 0 fully saturated rings. The fourth-order valence-corrected chi connectivity index (χ4v) is 3.73. The smallest absolute Gasteiger partial charge is 0.324 e. The summed E-state index contributed by atoms with van der Waals surface area (Å²) >= 11 is 0. The van der Waals surface area contributed by atoms with Gasteiger partial charge in [-0.05, 0) is 31.2 Å². The highest BCUT2D eigenvalue weighted by molar-refractivity contribution is 7.89. The standard InChI is InChI=1S/C20H23N3O6S/c1-15(22-30(27,28)17-10-6-3-7-11-17)20(26)29-14-19(25)23(13-12-18(21)24)16-8-4-2-5-9-16/h2-11,15,22H,12-14H2,1H3,(H2,21,24)/t15-/m0/s1. The van der Waals surface area contributed by atoms with Gasteiger partial charge in [-0.25, -0.2) is 8.42 Å². The molecule has 0 spiro atoms. The van der Waals surface area contributed by atoms with Crippen LogP contribution in [0.5, 0.6) is 0 Å². The number of carbonyl (C=O) groups excluding carboxylic acids is 3. The van der Waals surface area contributed by atoms with Gasteiger partial charge in [-0.1, -0.05) is 36.4 Å². The molecule has 2 aromatic rings. The lowest BCUT2D eigenvalue weighted by Gasteiger charge is -2.22. The molecule has 2 amide bonds. The molecule has 2 aromatic carbocycles. The molecule has 0 heterocycles. The first-order valence-corrected chi connectivity index (χ1v) is 10.6. The van der Waals surface area contributed by atoms with Crippen LogP contribution in [0.1, 0.15) is 13.3 Å². The van der Waals surface area contributed by atoms with Crippen molar-refractivity contribution in [2.75, 3.05) is 18.1 Å². The van der Waals surface area contributed by atoms with Crippen LogP contribution in [-0.2, 0) is 29.1 Å². The zero-order valence-corrected chi connectivity index (χ0v) is 17.2. The van der Waals surface area contributed by atoms with E-state index in [-0.39, 0.29) is 17.9 Å². The van der Waals surface area contributed by atoms with Crippen LogP contribution in [0.2, 0.25) is 0 Å². The highest BCUT2D eigenvalue weighted by atomic mass is 32.2. The number of carbonyl (C=O) groups is 3. The maximum absolute atomic E-state index is 12.5. The summed E-state index contributed by atoms with van der Waals surface area (Å²) in [6.07, 6.45) is -0.0676. The minimum atomic E-state index is -3.92. The number of amides is 2. The predicted molar refractivity (Wildman–Crippen MR) is 110 cm³/mol. The lowest BCUT2D eigenvalue weighted by Crippen LogP contribution is -2.42. The van der Waals surface area contributed by atoms with Crippen molar-refractivity contribution in [2.45, 2.75) is 24.3 Å². The van der Waals surface area contributed by atoms with Crippen molar-refractivity contribution >= 4 is 33.5 Å². The molecule has 9 nitrogen and oxygen atoms in total. The van der Waals surface area contributed by atoms with Crippen molar-refractivity contribution < 1.29 is 27.5 Å². The molecule has 0 aliphatic carbocycles. The molecule has 0 aliphatic rings. The van der Waals surface area contributed by atoms with Crippen molar-refractivity contribution in [3.8, 4) is 0 Å². The van der Waals surface area contributed by atoms with Gasteiger partial charge in [0.25, 0.3) is 5.91 Å². The van der Waals surface area contributed by atoms with Crippen LogP contribution < -0.4 is 15.4 Å². The summed E-state index contributed by atoms with van der Waals surface area (Å²) in [6, 6.07) is 14.9. The summed E-state index contributed by atoms with van der Waals surface area (Å²) in [5.74, 6) is -2.07. The van der Waals surface area contributed by atoms with E-state index in [1.807, 2.05) is 0 Å². The van der Waals surface area contributed by atoms with E-state index in [1.54, 1.807) is 48.5 Å². The average molecular weight is 433 g/mol. The van der Waals surface area contributed by atoms with Crippen molar-refractivity contribution in [1.82, 2.24) is 4.72 Å². The second-order valence-electron chi connectivity index (χ2n) is 6.36. The van der Waals surface area contributed by atoms with Gasteiger partial charge < -0.3 is 15.4 Å². The van der Waals surface area contributed by atoms with Crippen LogP contribution in [0.25, 0.3) is 0 Å². The summed E-state index contributed by atoms with van der Waals surface area (Å²) in [6.45, 7) is 0.713. The van der Waals surface area contributed by atoms with Gasteiger partial charge in [-0.3, -0.25) is 14.4 Å². The van der Waals surface area contributed by atoms with Gasteiger partial charge in [-0.15, -0.1) is 0 Å². The Bertz CT molecular complexity index is 980. The number of hydrogen-bond acceptors (Lipinski definition) is 6. The first-order valence-electron chi connectivity index (χ1n) is 9.08. The Morgan fingerprint density at radius 1 is 1.03 bits per heavy atom. The molecule has 0 bridgehead atoms. The molecule has 0 unspecified atom stereocenters. The predicted octanol–water partition coefficient (Wildman–Crippen LogP) is 0.805. The molecule has 0 saturated heterocycles. The van der Waals surface area contributed by atoms with Gasteiger partial charge in [0.05, 0.1) is 4.90 Å². The molecule has 0 aliphatic heterocycles. The number of para-hydroxylation sites is 1. The van der Waals surface area contributed by atoms with E-state index >= 15 is 0 Å². The van der Waals surface area contributed by atoms with E-state index in [4.69, 9.17) is 10.5 Å². The van der Waals surface area contributed by atoms with Crippen LogP contribution in [-0.4, -0.2) is 45.4 Å². The van der Waals surface area contributed by atoms with E-state index in [0.717, 1.165) is 0 Å². The third-order valence-electron chi connectivity index (χ3n) is 4.03. The molecule has 3 N–H and O–H groups in total. The largest absolute Gasteiger partial charge is 0.454 e. The quantitative estimate of drug-likeness (QED) is 0.532. The van der Waals surface area contributed by atoms with Gasteiger partial charge >= 0.3 is 5.97 Å². The molecule has 0 aromatic heterocycles. The monoisotopic (exact) mass is 433 g/mol. The zero-order chi connectivity index (χ0) is 22.1. The topological polar surface area (TPSA) is 136 Å². The molecule has 2 rings (SSSR count). The van der Waals surface area contributed by atoms with Crippen LogP contribution in [0, 0.1) is 0 Å². The summed E-state index contributed by atoms with van der Waals surface area (Å²) in [5, 5.41) is 0. The van der Waals surface area contributed by atoms with Crippen LogP contribution in [0.4, 0.5) is 5.69 Å². The van der Waals surface area contributed by atoms with E-state index in [2.05, 4.69) is 4.72 Å². The molecular weight excluding hydrogens is 410 g/mol. The Morgan fingerprint density at radius 3 is 2.17 bits per heavy atom. The fraction of sp³-hybridized carbons (Fsp3) is 0.250. The summed E-state index contributed by atoms with van der Waals surface area (Å²) in [7, 11) is -3.92. The fourth-order valence-electron chi connectivity index (χ4n) is 2.51. The number of rotatable bonds is 10. The third-order valence-corrected chi connectivity index (χ3v) is 5.58. The highest BCUT2D eigenvalue weighted by Gasteiger charge is 2.25. The molecule has 0 saturated carbocycles. The second-order valence-corrected chi connectivity index (χ2v) is 8.07. The zero-order valence-electron chi connectivity index (χ0n) is 16.4. The summed E-state index contributed by atoms with van der Waals surface area (Å²) in [4.78, 5) is 37.1. The lowest BCUT2D eigenvalue weighted by molar-refractivity contribution is -0.149. The normalized spacial score (nSPS) is 12.0. The maximum atomic E-state index is 12.5. The molecule has 30 heavy (non-hydrogen) atoms. The maximum Gasteiger partial charge on any atom is 0.324 e. The molecule has 0 radical (unpaired) electrons. The highest BCUT2D eigenvalue weighted by Crippen LogP contribution is 2.14. The number of anilines is 1. The number of nitrogens with zero attached hydrogens (tertiary/aromatic N) is 1. The number of ether oxygens (including phenoxy) is 1. The van der Waals surface area contributed by atoms with Gasteiger partial charge in [0.2, 0.25) is 15.9 Å². The minimum absolute atomic E-state index is 0.00225. The van der Waals surface area contributed by atoms with Crippen molar-refractivity contribution in [3.05, 3.63) is 60.7 Å². The number of nitrogens with two attached hydrogens (primary N) is 1. The van der Waals surface area contributed by atoms with Crippen LogP contribution in [0.15, 0.2) is 65.6 Å². The molecule has 1 atom stereocenters. The van der Waals surface area contributed by atoms with Gasteiger partial charge in [-0.2, -0.15) is 4.72 Å². The van der Waals surface area contributed by atoms with Crippen molar-refractivity contribution in [1.29, 1.82) is 0 Å². The molecule has 160 valence electrons. The van der Waals surface area contributed by atoms with Crippen molar-refractivity contribution in [3.63, 3.8) is 0 Å². The van der Waals surface area contributed by atoms with Gasteiger partial charge in [0.15, 0.2) is 6.61 Å². The Balaban J connectivity index is 1.98. The lowest BCUT2D eigenvalue weighted by atomic mass is 10.2. The Labute approximate surface area is 174 Å². The Kier molecular flexibility index (Phi) is 8.07. The summed E-state index contributed by atoms with van der Waals surface area (Å²) in [5.41, 5.74) is 5.67. The first-order chi connectivity index (χ1) is 14.2. The van der Waals surface area contributed by atoms with E-state index in [9.17, 15) is 22.8 Å². The minimum Gasteiger partial charge on any atom is -0.454 e. The van der Waals surface area contributed by atoms with Crippen LogP contribution >= 0.6 is 0 Å². The Morgan fingerprint density at radius 2 is 1.60 bits per heavy atom. The number of nitrogens with one attached hydrogen (secondary N) is 1. The number of benzene rings is 2. The van der Waals surface area contributed by atoms with E-state index in [0.29, 0.717) is 5.69 Å².